The topological polar surface area (TPSA) is 49.9 Å². The first-order chi connectivity index (χ1) is 10.7. The van der Waals surface area contributed by atoms with Gasteiger partial charge in [-0.3, -0.25) is 4.79 Å². The number of methoxy groups -OCH3 is 1. The molecule has 1 aliphatic carbocycles. The van der Waals surface area contributed by atoms with Crippen molar-refractivity contribution < 1.29 is 14.3 Å². The van der Waals surface area contributed by atoms with Crippen LogP contribution in [0.5, 0.6) is 0 Å². The first-order valence-corrected chi connectivity index (χ1v) is 7.87. The molecule has 1 aromatic carbocycles. The monoisotopic (exact) mass is 302 g/mol. The van der Waals surface area contributed by atoms with E-state index in [-0.39, 0.29) is 12.0 Å². The summed E-state index contributed by atoms with van der Waals surface area (Å²) in [4.78, 5) is 27.5. The highest BCUT2D eigenvalue weighted by Crippen LogP contribution is 2.35. The highest BCUT2D eigenvalue weighted by atomic mass is 16.5. The molecular formula is C17H22N2O3. The van der Waals surface area contributed by atoms with Gasteiger partial charge < -0.3 is 14.5 Å². The van der Waals surface area contributed by atoms with Gasteiger partial charge in [-0.1, -0.05) is 24.3 Å². The van der Waals surface area contributed by atoms with Crippen molar-refractivity contribution >= 4 is 12.0 Å². The number of ether oxygens (including phenoxy) is 1. The zero-order chi connectivity index (χ0) is 15.5. The lowest BCUT2D eigenvalue weighted by atomic mass is 9.97. The van der Waals surface area contributed by atoms with Crippen LogP contribution in [0.1, 0.15) is 29.9 Å². The summed E-state index contributed by atoms with van der Waals surface area (Å²) in [7, 11) is 1.39. The fraction of sp³-hybridized carbons (Fsp3) is 0.529. The van der Waals surface area contributed by atoms with Gasteiger partial charge in [0, 0.05) is 32.6 Å². The predicted molar refractivity (Wildman–Crippen MR) is 82.7 cm³/mol. The average Bonchev–Trinajstić information content (AvgIpc) is 2.97. The van der Waals surface area contributed by atoms with Crippen molar-refractivity contribution in [3.8, 4) is 0 Å². The van der Waals surface area contributed by atoms with E-state index in [4.69, 9.17) is 4.74 Å². The summed E-state index contributed by atoms with van der Waals surface area (Å²) in [6.07, 6.45) is 2.41. The molecular weight excluding hydrogens is 280 g/mol. The molecule has 0 spiro atoms. The van der Waals surface area contributed by atoms with E-state index >= 15 is 0 Å². The second-order valence-electron chi connectivity index (χ2n) is 5.98. The highest BCUT2D eigenvalue weighted by Gasteiger charge is 2.29. The highest BCUT2D eigenvalue weighted by molar-refractivity contribution is 5.78. The second-order valence-corrected chi connectivity index (χ2v) is 5.98. The van der Waals surface area contributed by atoms with Gasteiger partial charge in [0.25, 0.3) is 0 Å². The number of aryl methyl sites for hydroxylation is 1. The zero-order valence-electron chi connectivity index (χ0n) is 13.0. The maximum absolute atomic E-state index is 12.5. The van der Waals surface area contributed by atoms with E-state index in [2.05, 4.69) is 24.3 Å². The predicted octanol–water partition coefficient (Wildman–Crippen LogP) is 2.02. The van der Waals surface area contributed by atoms with Gasteiger partial charge in [0.15, 0.2) is 0 Å². The van der Waals surface area contributed by atoms with Crippen molar-refractivity contribution in [2.75, 3.05) is 33.3 Å². The van der Waals surface area contributed by atoms with E-state index < -0.39 is 0 Å². The second kappa shape index (κ2) is 6.38. The minimum Gasteiger partial charge on any atom is -0.453 e. The van der Waals surface area contributed by atoms with E-state index in [1.54, 1.807) is 4.90 Å². The summed E-state index contributed by atoms with van der Waals surface area (Å²) in [6, 6.07) is 8.43. The number of hydrogen-bond acceptors (Lipinski definition) is 3. The van der Waals surface area contributed by atoms with Crippen LogP contribution >= 0.6 is 0 Å². The van der Waals surface area contributed by atoms with Crippen LogP contribution in [-0.4, -0.2) is 55.1 Å². The molecule has 0 aromatic heterocycles. The molecule has 0 bridgehead atoms. The van der Waals surface area contributed by atoms with Crippen LogP contribution in [0.3, 0.4) is 0 Å². The van der Waals surface area contributed by atoms with Crippen LogP contribution < -0.4 is 0 Å². The largest absolute Gasteiger partial charge is 0.453 e. The Balaban J connectivity index is 1.55. The van der Waals surface area contributed by atoms with E-state index in [1.165, 1.54) is 18.2 Å². The average molecular weight is 302 g/mol. The molecule has 0 unspecified atom stereocenters. The molecule has 1 saturated heterocycles. The first kappa shape index (κ1) is 14.9. The van der Waals surface area contributed by atoms with Crippen LogP contribution in [0.25, 0.3) is 0 Å². The molecule has 5 nitrogen and oxygen atoms in total. The van der Waals surface area contributed by atoms with Crippen LogP contribution in [0.4, 0.5) is 4.79 Å². The summed E-state index contributed by atoms with van der Waals surface area (Å²) in [5.74, 6) is 0.550. The van der Waals surface area contributed by atoms with Crippen LogP contribution in [-0.2, 0) is 16.0 Å². The van der Waals surface area contributed by atoms with E-state index in [0.29, 0.717) is 38.5 Å². The Morgan fingerprint density at radius 1 is 1.14 bits per heavy atom. The Labute approximate surface area is 130 Å². The number of nitrogens with zero attached hydrogens (tertiary/aromatic N) is 2. The Morgan fingerprint density at radius 3 is 2.55 bits per heavy atom. The van der Waals surface area contributed by atoms with Crippen LogP contribution in [0.15, 0.2) is 24.3 Å². The molecule has 1 heterocycles. The molecule has 0 N–H and O–H groups in total. The minimum absolute atomic E-state index is 0.200. The number of piperazine rings is 1. The van der Waals surface area contributed by atoms with Gasteiger partial charge in [-0.15, -0.1) is 0 Å². The number of carbonyl (C=O) groups is 2. The van der Waals surface area contributed by atoms with E-state index in [9.17, 15) is 9.59 Å². The molecule has 0 saturated carbocycles. The molecule has 1 fully saturated rings. The normalized spacial score (nSPS) is 20.7. The minimum atomic E-state index is -0.309. The maximum atomic E-state index is 12.5. The van der Waals surface area contributed by atoms with Crippen molar-refractivity contribution in [2.45, 2.75) is 25.2 Å². The molecule has 5 heteroatoms. The van der Waals surface area contributed by atoms with Crippen LogP contribution in [0, 0.1) is 0 Å². The van der Waals surface area contributed by atoms with Gasteiger partial charge in [0.2, 0.25) is 5.91 Å². The van der Waals surface area contributed by atoms with Gasteiger partial charge in [0.05, 0.1) is 7.11 Å². The fourth-order valence-electron chi connectivity index (χ4n) is 3.46. The van der Waals surface area contributed by atoms with Crippen LogP contribution in [0.2, 0.25) is 0 Å². The van der Waals surface area contributed by atoms with Crippen molar-refractivity contribution in [3.05, 3.63) is 35.4 Å². The number of hydrogen-bond donors (Lipinski definition) is 0. The van der Waals surface area contributed by atoms with Gasteiger partial charge in [-0.2, -0.15) is 0 Å². The lowest BCUT2D eigenvalue weighted by Crippen LogP contribution is -2.50. The van der Waals surface area contributed by atoms with E-state index in [1.807, 2.05) is 4.90 Å². The number of carbonyl (C=O) groups excluding carboxylic acids is 2. The molecule has 22 heavy (non-hydrogen) atoms. The number of fused-ring (bicyclic) bond motifs is 1. The summed E-state index contributed by atoms with van der Waals surface area (Å²) in [6.45, 7) is 2.31. The van der Waals surface area contributed by atoms with E-state index in [0.717, 1.165) is 12.8 Å². The summed E-state index contributed by atoms with van der Waals surface area (Å²) < 4.78 is 4.72. The number of amides is 2. The van der Waals surface area contributed by atoms with Crippen molar-refractivity contribution in [1.29, 1.82) is 0 Å². The molecule has 1 aromatic rings. The van der Waals surface area contributed by atoms with Crippen molar-refractivity contribution in [1.82, 2.24) is 9.80 Å². The lowest BCUT2D eigenvalue weighted by molar-refractivity contribution is -0.133. The number of rotatable bonds is 2. The Hall–Kier alpha value is -2.04. The Bertz CT molecular complexity index is 565. The molecule has 2 aliphatic rings. The standard InChI is InChI=1S/C17H22N2O3/c1-22-17(21)19-10-8-18(9-11-19)16(20)12-14-7-6-13-4-2-3-5-15(13)14/h2-5,14H,6-12H2,1H3/t14-/m1/s1. The quantitative estimate of drug-likeness (QED) is 0.840. The van der Waals surface area contributed by atoms with Crippen molar-refractivity contribution in [2.24, 2.45) is 0 Å². The third-order valence-electron chi connectivity index (χ3n) is 4.74. The third kappa shape index (κ3) is 2.93. The smallest absolute Gasteiger partial charge is 0.409 e. The van der Waals surface area contributed by atoms with Gasteiger partial charge in [0.1, 0.15) is 0 Å². The third-order valence-corrected chi connectivity index (χ3v) is 4.74. The maximum Gasteiger partial charge on any atom is 0.409 e. The number of benzene rings is 1. The van der Waals surface area contributed by atoms with Gasteiger partial charge in [-0.05, 0) is 29.9 Å². The molecule has 3 rings (SSSR count). The summed E-state index contributed by atoms with van der Waals surface area (Å²) in [5.41, 5.74) is 2.72. The molecule has 1 aliphatic heterocycles. The first-order valence-electron chi connectivity index (χ1n) is 7.87. The Kier molecular flexibility index (Phi) is 4.32. The Morgan fingerprint density at radius 2 is 1.82 bits per heavy atom. The molecule has 118 valence electrons. The van der Waals surface area contributed by atoms with Gasteiger partial charge >= 0.3 is 6.09 Å². The fourth-order valence-corrected chi connectivity index (χ4v) is 3.46. The summed E-state index contributed by atoms with van der Waals surface area (Å²) >= 11 is 0. The molecule has 2 amide bonds. The summed E-state index contributed by atoms with van der Waals surface area (Å²) in [5, 5.41) is 0. The molecule has 1 atom stereocenters. The zero-order valence-corrected chi connectivity index (χ0v) is 13.0. The lowest BCUT2D eigenvalue weighted by Gasteiger charge is -2.34. The SMILES string of the molecule is COC(=O)N1CCN(C(=O)C[C@H]2CCc3ccccc32)CC1. The van der Waals surface area contributed by atoms with Crippen molar-refractivity contribution in [3.63, 3.8) is 0 Å². The van der Waals surface area contributed by atoms with Gasteiger partial charge in [-0.25, -0.2) is 4.79 Å². The molecule has 0 radical (unpaired) electrons.